The number of hydrogen-bond donors (Lipinski definition) is 2. The van der Waals surface area contributed by atoms with Crippen molar-refractivity contribution in [3.8, 4) is 5.75 Å². The van der Waals surface area contributed by atoms with Crippen molar-refractivity contribution in [3.63, 3.8) is 0 Å². The van der Waals surface area contributed by atoms with E-state index < -0.39 is 6.36 Å². The van der Waals surface area contributed by atoms with Crippen LogP contribution in [-0.4, -0.2) is 31.3 Å². The molecule has 6 nitrogen and oxygen atoms in total. The maximum Gasteiger partial charge on any atom is 0.573 e. The predicted molar refractivity (Wildman–Crippen MR) is 111 cm³/mol. The van der Waals surface area contributed by atoms with E-state index in [2.05, 4.69) is 15.0 Å². The minimum atomic E-state index is -4.75. The highest BCUT2D eigenvalue weighted by molar-refractivity contribution is 14.0. The molecule has 0 bridgehead atoms. The van der Waals surface area contributed by atoms with E-state index in [9.17, 15) is 18.0 Å². The summed E-state index contributed by atoms with van der Waals surface area (Å²) in [7, 11) is 0. The summed E-state index contributed by atoms with van der Waals surface area (Å²) in [6.07, 6.45) is -3.95. The fraction of sp³-hybridized carbons (Fsp3) is 0.222. The summed E-state index contributed by atoms with van der Waals surface area (Å²) in [5.41, 5.74) is 8.16. The van der Waals surface area contributed by atoms with Crippen molar-refractivity contribution >= 4 is 47.2 Å². The number of aliphatic imine (C=N–C) groups is 1. The largest absolute Gasteiger partial charge is 0.573 e. The average Bonchev–Trinajstić information content (AvgIpc) is 3.04. The first-order chi connectivity index (χ1) is 12.8. The molecule has 150 valence electrons. The summed E-state index contributed by atoms with van der Waals surface area (Å²) in [6.45, 7) is 0.462. The second-order valence-electron chi connectivity index (χ2n) is 5.82. The number of anilines is 2. The number of carbonyl (C=O) groups excluding carboxylic acids is 1. The van der Waals surface area contributed by atoms with Gasteiger partial charge in [0.25, 0.3) is 0 Å². The number of fused-ring (bicyclic) bond motifs is 1. The molecule has 28 heavy (non-hydrogen) atoms. The van der Waals surface area contributed by atoms with Gasteiger partial charge in [-0.15, -0.1) is 37.1 Å². The summed E-state index contributed by atoms with van der Waals surface area (Å²) in [5, 5.41) is 2.72. The monoisotopic (exact) mass is 506 g/mol. The van der Waals surface area contributed by atoms with Gasteiger partial charge in [0.1, 0.15) is 12.3 Å². The Balaban J connectivity index is 0.00000280. The minimum absolute atomic E-state index is 0. The van der Waals surface area contributed by atoms with Gasteiger partial charge in [0.2, 0.25) is 5.91 Å². The first kappa shape index (κ1) is 21.8. The summed E-state index contributed by atoms with van der Waals surface area (Å²) in [6, 6.07) is 12.7. The van der Waals surface area contributed by atoms with Gasteiger partial charge in [-0.05, 0) is 42.3 Å². The molecule has 2 aromatic carbocycles. The Morgan fingerprint density at radius 1 is 1.18 bits per heavy atom. The summed E-state index contributed by atoms with van der Waals surface area (Å²) in [5.74, 6) is -0.537. The van der Waals surface area contributed by atoms with Crippen molar-refractivity contribution in [1.29, 1.82) is 0 Å². The molecule has 0 unspecified atom stereocenters. The average molecular weight is 506 g/mol. The maximum atomic E-state index is 12.4. The molecular formula is C18H18F3IN4O2. The van der Waals surface area contributed by atoms with Crippen LogP contribution in [0.5, 0.6) is 5.75 Å². The zero-order valence-electron chi connectivity index (χ0n) is 14.6. The molecule has 0 aromatic heterocycles. The lowest BCUT2D eigenvalue weighted by molar-refractivity contribution is -0.274. The molecule has 1 aliphatic rings. The van der Waals surface area contributed by atoms with Crippen LogP contribution in [0, 0.1) is 0 Å². The van der Waals surface area contributed by atoms with E-state index in [0.717, 1.165) is 29.8 Å². The molecule has 3 N–H and O–H groups in total. The van der Waals surface area contributed by atoms with Crippen LogP contribution in [0.1, 0.15) is 5.56 Å². The van der Waals surface area contributed by atoms with Crippen LogP contribution < -0.4 is 20.7 Å². The van der Waals surface area contributed by atoms with Crippen LogP contribution in [-0.2, 0) is 11.2 Å². The number of nitrogens with one attached hydrogen (secondary N) is 1. The molecule has 1 heterocycles. The highest BCUT2D eigenvalue weighted by Crippen LogP contribution is 2.27. The van der Waals surface area contributed by atoms with Crippen LogP contribution in [0.15, 0.2) is 53.5 Å². The number of ether oxygens (including phenoxy) is 1. The van der Waals surface area contributed by atoms with E-state index in [1.165, 1.54) is 12.1 Å². The number of carbonyl (C=O) groups is 1. The summed E-state index contributed by atoms with van der Waals surface area (Å²) in [4.78, 5) is 18.0. The molecule has 0 radical (unpaired) electrons. The second kappa shape index (κ2) is 9.13. The van der Waals surface area contributed by atoms with E-state index in [4.69, 9.17) is 5.73 Å². The molecule has 1 amide bonds. The molecule has 0 fully saturated rings. The number of rotatable bonds is 4. The first-order valence-electron chi connectivity index (χ1n) is 8.13. The van der Waals surface area contributed by atoms with Gasteiger partial charge in [-0.25, -0.2) is 4.99 Å². The molecule has 2 aromatic rings. The molecule has 0 saturated carbocycles. The number of nitrogens with two attached hydrogens (primary N) is 1. The number of hydrogen-bond acceptors (Lipinski definition) is 3. The van der Waals surface area contributed by atoms with Gasteiger partial charge in [0.05, 0.1) is 0 Å². The van der Waals surface area contributed by atoms with Crippen LogP contribution in [0.4, 0.5) is 24.5 Å². The molecule has 0 atom stereocenters. The van der Waals surface area contributed by atoms with Crippen LogP contribution in [0.2, 0.25) is 0 Å². The second-order valence-corrected chi connectivity index (χ2v) is 5.82. The normalized spacial score (nSPS) is 13.5. The summed E-state index contributed by atoms with van der Waals surface area (Å²) >= 11 is 0. The quantitative estimate of drug-likeness (QED) is 0.378. The number of nitrogens with zero attached hydrogens (tertiary/aromatic N) is 2. The van der Waals surface area contributed by atoms with Crippen molar-refractivity contribution < 1.29 is 22.7 Å². The van der Waals surface area contributed by atoms with E-state index in [1.54, 1.807) is 4.90 Å². The minimum Gasteiger partial charge on any atom is -0.406 e. The molecule has 0 aliphatic carbocycles. The number of para-hydroxylation sites is 1. The Kier molecular flexibility index (Phi) is 7.11. The lowest BCUT2D eigenvalue weighted by atomic mass is 10.2. The molecular weight excluding hydrogens is 488 g/mol. The number of halogens is 4. The van der Waals surface area contributed by atoms with E-state index in [-0.39, 0.29) is 48.1 Å². The van der Waals surface area contributed by atoms with E-state index in [1.807, 2.05) is 24.3 Å². The third kappa shape index (κ3) is 5.75. The van der Waals surface area contributed by atoms with Crippen LogP contribution >= 0.6 is 24.0 Å². The lowest BCUT2D eigenvalue weighted by Crippen LogP contribution is -2.32. The maximum absolute atomic E-state index is 12.4. The number of alkyl halides is 3. The Bertz CT molecular complexity index is 857. The van der Waals surface area contributed by atoms with Crippen LogP contribution in [0.3, 0.4) is 0 Å². The Hall–Kier alpha value is -2.50. The van der Waals surface area contributed by atoms with E-state index >= 15 is 0 Å². The molecule has 3 rings (SSSR count). The van der Waals surface area contributed by atoms with Crippen molar-refractivity contribution in [3.05, 3.63) is 54.1 Å². The van der Waals surface area contributed by atoms with Gasteiger partial charge in [-0.1, -0.05) is 18.2 Å². The fourth-order valence-corrected chi connectivity index (χ4v) is 2.76. The van der Waals surface area contributed by atoms with Gasteiger partial charge >= 0.3 is 6.36 Å². The lowest BCUT2D eigenvalue weighted by Gasteiger charge is -2.16. The smallest absolute Gasteiger partial charge is 0.406 e. The third-order valence-electron chi connectivity index (χ3n) is 3.93. The Morgan fingerprint density at radius 2 is 1.86 bits per heavy atom. The van der Waals surface area contributed by atoms with Gasteiger partial charge < -0.3 is 20.7 Å². The summed E-state index contributed by atoms with van der Waals surface area (Å²) < 4.78 is 40.2. The van der Waals surface area contributed by atoms with Crippen molar-refractivity contribution in [1.82, 2.24) is 0 Å². The van der Waals surface area contributed by atoms with Gasteiger partial charge in [0, 0.05) is 17.9 Å². The zero-order chi connectivity index (χ0) is 19.4. The number of guanidine groups is 1. The van der Waals surface area contributed by atoms with Crippen molar-refractivity contribution in [2.24, 2.45) is 10.7 Å². The Labute approximate surface area is 176 Å². The molecule has 1 aliphatic heterocycles. The molecule has 0 saturated heterocycles. The topological polar surface area (TPSA) is 80.0 Å². The fourth-order valence-electron chi connectivity index (χ4n) is 2.76. The van der Waals surface area contributed by atoms with Gasteiger partial charge in [0.15, 0.2) is 5.96 Å². The van der Waals surface area contributed by atoms with Gasteiger partial charge in [-0.3, -0.25) is 4.79 Å². The SMILES string of the molecule is I.NC(=NCC(=O)N1CCc2ccccc21)Nc1ccc(OC(F)(F)F)cc1. The molecule has 10 heteroatoms. The van der Waals surface area contributed by atoms with Gasteiger partial charge in [-0.2, -0.15) is 0 Å². The van der Waals surface area contributed by atoms with Crippen LogP contribution in [0.25, 0.3) is 0 Å². The number of benzene rings is 2. The zero-order valence-corrected chi connectivity index (χ0v) is 16.9. The number of amides is 1. The van der Waals surface area contributed by atoms with Crippen molar-refractivity contribution in [2.75, 3.05) is 23.3 Å². The molecule has 0 spiro atoms. The standard InChI is InChI=1S/C18H17F3N4O2.HI/c19-18(20,21)27-14-7-5-13(6-8-14)24-17(22)23-11-16(26)25-10-9-12-3-1-2-4-15(12)25;/h1-8H,9-11H2,(H3,22,23,24);1H. The highest BCUT2D eigenvalue weighted by Gasteiger charge is 2.31. The first-order valence-corrected chi connectivity index (χ1v) is 8.13. The van der Waals surface area contributed by atoms with Crippen molar-refractivity contribution in [2.45, 2.75) is 12.8 Å². The Morgan fingerprint density at radius 3 is 2.54 bits per heavy atom. The predicted octanol–water partition coefficient (Wildman–Crippen LogP) is 3.52. The van der Waals surface area contributed by atoms with E-state index in [0.29, 0.717) is 12.2 Å². The highest BCUT2D eigenvalue weighted by atomic mass is 127. The third-order valence-corrected chi connectivity index (χ3v) is 3.93.